The Kier molecular flexibility index (Phi) is 6.84. The summed E-state index contributed by atoms with van der Waals surface area (Å²) in [4.78, 5) is 13.2. The minimum Gasteiger partial charge on any atom is -0.351 e. The van der Waals surface area contributed by atoms with E-state index >= 15 is 0 Å². The highest BCUT2D eigenvalue weighted by atomic mass is 35.5. The van der Waals surface area contributed by atoms with Gasteiger partial charge in [0, 0.05) is 18.4 Å². The van der Waals surface area contributed by atoms with Crippen molar-refractivity contribution in [1.82, 2.24) is 20.4 Å². The lowest BCUT2D eigenvalue weighted by molar-refractivity contribution is -0.132. The standard InChI is InChI=1S/C20H28N4O.ClH/c1-15-11-16(2)13-18(12-15)14-17(3)23-19(25)20(5-8-21-9-6-20)24-10-4-7-22-24;/h4,7,10-13,17,21H,5-6,8-9,14H2,1-3H3,(H,23,25);1H. The average molecular weight is 377 g/mol. The van der Waals surface area contributed by atoms with Crippen LogP contribution in [0.1, 0.15) is 36.5 Å². The Morgan fingerprint density at radius 2 is 1.92 bits per heavy atom. The molecule has 142 valence electrons. The second kappa shape index (κ2) is 8.69. The molecule has 1 atom stereocenters. The Hall–Kier alpha value is -1.85. The lowest BCUT2D eigenvalue weighted by Gasteiger charge is -2.37. The van der Waals surface area contributed by atoms with E-state index in [-0.39, 0.29) is 24.4 Å². The molecule has 2 N–H and O–H groups in total. The first-order chi connectivity index (χ1) is 12.0. The first-order valence-electron chi connectivity index (χ1n) is 9.08. The van der Waals surface area contributed by atoms with Crippen LogP contribution in [-0.4, -0.2) is 34.8 Å². The second-order valence-corrected chi connectivity index (χ2v) is 7.31. The van der Waals surface area contributed by atoms with Crippen LogP contribution in [0.15, 0.2) is 36.7 Å². The van der Waals surface area contributed by atoms with Gasteiger partial charge in [-0.2, -0.15) is 5.10 Å². The summed E-state index contributed by atoms with van der Waals surface area (Å²) in [6, 6.07) is 8.54. The number of hydrogen-bond acceptors (Lipinski definition) is 3. The number of halogens is 1. The zero-order valence-corrected chi connectivity index (χ0v) is 16.6. The van der Waals surface area contributed by atoms with Gasteiger partial charge >= 0.3 is 0 Å². The van der Waals surface area contributed by atoms with Gasteiger partial charge in [-0.25, -0.2) is 0 Å². The molecule has 1 aromatic heterocycles. The SMILES string of the molecule is Cc1cc(C)cc(CC(C)NC(=O)C2(n3cccn3)CCNCC2)c1.Cl. The van der Waals surface area contributed by atoms with Gasteiger partial charge in [-0.05, 0) is 64.8 Å². The van der Waals surface area contributed by atoms with Gasteiger partial charge in [0.05, 0.1) is 0 Å². The molecule has 5 nitrogen and oxygen atoms in total. The van der Waals surface area contributed by atoms with Gasteiger partial charge < -0.3 is 10.6 Å². The van der Waals surface area contributed by atoms with Crippen molar-refractivity contribution >= 4 is 18.3 Å². The number of aromatic nitrogens is 2. The number of carbonyl (C=O) groups is 1. The molecule has 2 aromatic rings. The molecule has 1 amide bonds. The van der Waals surface area contributed by atoms with Gasteiger partial charge in [0.2, 0.25) is 5.91 Å². The van der Waals surface area contributed by atoms with Gasteiger partial charge in [-0.1, -0.05) is 29.3 Å². The van der Waals surface area contributed by atoms with E-state index in [1.165, 1.54) is 16.7 Å². The number of rotatable bonds is 5. The van der Waals surface area contributed by atoms with Gasteiger partial charge in [0.25, 0.3) is 0 Å². The molecule has 1 saturated heterocycles. The number of amides is 1. The Balaban J connectivity index is 0.00000243. The summed E-state index contributed by atoms with van der Waals surface area (Å²) in [6.07, 6.45) is 6.00. The molecule has 0 radical (unpaired) electrons. The summed E-state index contributed by atoms with van der Waals surface area (Å²) < 4.78 is 1.84. The third-order valence-corrected chi connectivity index (χ3v) is 5.00. The van der Waals surface area contributed by atoms with Crippen molar-refractivity contribution in [3.05, 3.63) is 53.3 Å². The van der Waals surface area contributed by atoms with E-state index in [0.717, 1.165) is 32.4 Å². The van der Waals surface area contributed by atoms with E-state index in [1.807, 2.05) is 16.9 Å². The molecule has 2 heterocycles. The van der Waals surface area contributed by atoms with Crippen molar-refractivity contribution in [3.63, 3.8) is 0 Å². The molecule has 0 saturated carbocycles. The monoisotopic (exact) mass is 376 g/mol. The van der Waals surface area contributed by atoms with Crippen LogP contribution in [0.4, 0.5) is 0 Å². The number of nitrogens with zero attached hydrogens (tertiary/aromatic N) is 2. The maximum absolute atomic E-state index is 13.2. The highest BCUT2D eigenvalue weighted by molar-refractivity contribution is 5.85. The first-order valence-corrected chi connectivity index (χ1v) is 9.08. The van der Waals surface area contributed by atoms with Crippen molar-refractivity contribution in [2.24, 2.45) is 0 Å². The fraction of sp³-hybridized carbons (Fsp3) is 0.500. The third kappa shape index (κ3) is 4.46. The largest absolute Gasteiger partial charge is 0.351 e. The van der Waals surface area contributed by atoms with Gasteiger partial charge in [-0.15, -0.1) is 12.4 Å². The molecule has 1 aliphatic heterocycles. The third-order valence-electron chi connectivity index (χ3n) is 5.00. The molecule has 6 heteroatoms. The summed E-state index contributed by atoms with van der Waals surface area (Å²) in [6.45, 7) is 7.97. The van der Waals surface area contributed by atoms with Crippen LogP contribution >= 0.6 is 12.4 Å². The van der Waals surface area contributed by atoms with Gasteiger partial charge in [0.15, 0.2) is 0 Å². The lowest BCUT2D eigenvalue weighted by Crippen LogP contribution is -2.56. The zero-order valence-electron chi connectivity index (χ0n) is 15.8. The van der Waals surface area contributed by atoms with Crippen molar-refractivity contribution in [2.45, 2.75) is 51.6 Å². The Labute approximate surface area is 162 Å². The van der Waals surface area contributed by atoms with Crippen LogP contribution in [0.5, 0.6) is 0 Å². The van der Waals surface area contributed by atoms with Gasteiger partial charge in [0.1, 0.15) is 5.54 Å². The van der Waals surface area contributed by atoms with Crippen LogP contribution in [0.3, 0.4) is 0 Å². The normalized spacial score (nSPS) is 17.2. The average Bonchev–Trinajstić information content (AvgIpc) is 3.09. The predicted molar refractivity (Wildman–Crippen MR) is 107 cm³/mol. The Morgan fingerprint density at radius 1 is 1.27 bits per heavy atom. The Morgan fingerprint density at radius 3 is 2.50 bits per heavy atom. The number of hydrogen-bond donors (Lipinski definition) is 2. The number of carbonyl (C=O) groups excluding carboxylic acids is 1. The number of piperidine rings is 1. The minimum atomic E-state index is -0.578. The molecule has 1 unspecified atom stereocenters. The topological polar surface area (TPSA) is 59.0 Å². The second-order valence-electron chi connectivity index (χ2n) is 7.31. The lowest BCUT2D eigenvalue weighted by atomic mass is 9.87. The van der Waals surface area contributed by atoms with Crippen LogP contribution in [-0.2, 0) is 16.8 Å². The number of nitrogens with one attached hydrogen (secondary N) is 2. The highest BCUT2D eigenvalue weighted by Crippen LogP contribution is 2.27. The van der Waals surface area contributed by atoms with E-state index in [2.05, 4.69) is 54.7 Å². The first kappa shape index (κ1) is 20.5. The van der Waals surface area contributed by atoms with Gasteiger partial charge in [-0.3, -0.25) is 9.48 Å². The van der Waals surface area contributed by atoms with Crippen LogP contribution < -0.4 is 10.6 Å². The van der Waals surface area contributed by atoms with Crippen LogP contribution in [0.25, 0.3) is 0 Å². The van der Waals surface area contributed by atoms with Crippen LogP contribution in [0.2, 0.25) is 0 Å². The summed E-state index contributed by atoms with van der Waals surface area (Å²) in [7, 11) is 0. The maximum Gasteiger partial charge on any atom is 0.248 e. The predicted octanol–water partition coefficient (Wildman–Crippen LogP) is 2.75. The molecule has 0 bridgehead atoms. The van der Waals surface area contributed by atoms with E-state index in [9.17, 15) is 4.79 Å². The fourth-order valence-corrected chi connectivity index (χ4v) is 3.87. The smallest absolute Gasteiger partial charge is 0.248 e. The zero-order chi connectivity index (χ0) is 17.9. The van der Waals surface area contributed by atoms with Crippen molar-refractivity contribution in [2.75, 3.05) is 13.1 Å². The Bertz CT molecular complexity index is 703. The maximum atomic E-state index is 13.2. The summed E-state index contributed by atoms with van der Waals surface area (Å²) in [5.41, 5.74) is 3.22. The van der Waals surface area contributed by atoms with Crippen LogP contribution in [0, 0.1) is 13.8 Å². The molecular formula is C20H29ClN4O. The molecule has 26 heavy (non-hydrogen) atoms. The number of benzene rings is 1. The minimum absolute atomic E-state index is 0. The molecular weight excluding hydrogens is 348 g/mol. The van der Waals surface area contributed by atoms with E-state index in [4.69, 9.17) is 0 Å². The van der Waals surface area contributed by atoms with Crippen molar-refractivity contribution in [3.8, 4) is 0 Å². The highest BCUT2D eigenvalue weighted by Gasteiger charge is 2.42. The summed E-state index contributed by atoms with van der Waals surface area (Å²) in [5.74, 6) is 0.0783. The summed E-state index contributed by atoms with van der Waals surface area (Å²) >= 11 is 0. The quantitative estimate of drug-likeness (QED) is 0.843. The van der Waals surface area contributed by atoms with Crippen molar-refractivity contribution in [1.29, 1.82) is 0 Å². The molecule has 0 aliphatic carbocycles. The molecule has 3 rings (SSSR count). The summed E-state index contributed by atoms with van der Waals surface area (Å²) in [5, 5.41) is 11.0. The van der Waals surface area contributed by atoms with E-state index in [0.29, 0.717) is 0 Å². The molecule has 1 aliphatic rings. The van der Waals surface area contributed by atoms with E-state index < -0.39 is 5.54 Å². The molecule has 1 aromatic carbocycles. The van der Waals surface area contributed by atoms with E-state index in [1.54, 1.807) is 6.20 Å². The number of aryl methyl sites for hydroxylation is 2. The van der Waals surface area contributed by atoms with Crippen molar-refractivity contribution < 1.29 is 4.79 Å². The molecule has 1 fully saturated rings. The molecule has 0 spiro atoms. The fourth-order valence-electron chi connectivity index (χ4n) is 3.87.